The highest BCUT2D eigenvalue weighted by molar-refractivity contribution is 6.26. The van der Waals surface area contributed by atoms with Gasteiger partial charge in [0.05, 0.1) is 16.7 Å². The summed E-state index contributed by atoms with van der Waals surface area (Å²) in [5.74, 6) is 0.662. The van der Waals surface area contributed by atoms with E-state index in [2.05, 4.69) is 180 Å². The maximum Gasteiger partial charge on any atom is 0.180 e. The van der Waals surface area contributed by atoms with Crippen molar-refractivity contribution in [2.45, 2.75) is 0 Å². The first-order valence-electron chi connectivity index (χ1n) is 21.1. The highest BCUT2D eigenvalue weighted by atomic mass is 16.3. The van der Waals surface area contributed by atoms with E-state index >= 15 is 0 Å². The normalized spacial score (nSPS) is 11.9. The lowest BCUT2D eigenvalue weighted by Crippen LogP contribution is -1.98. The Kier molecular flexibility index (Phi) is 7.57. The van der Waals surface area contributed by atoms with Crippen LogP contribution in [0.2, 0.25) is 0 Å². The Morgan fingerprint density at radius 1 is 0.339 bits per heavy atom. The summed E-state index contributed by atoms with van der Waals surface area (Å²) in [7, 11) is 0. The van der Waals surface area contributed by atoms with Crippen molar-refractivity contribution in [3.05, 3.63) is 212 Å². The fourth-order valence-electron chi connectivity index (χ4n) is 9.72. The van der Waals surface area contributed by atoms with E-state index in [9.17, 15) is 0 Å². The molecule has 0 amide bonds. The lowest BCUT2D eigenvalue weighted by molar-refractivity contribution is 0.667. The van der Waals surface area contributed by atoms with Crippen LogP contribution in [0.1, 0.15) is 0 Å². The van der Waals surface area contributed by atoms with Gasteiger partial charge in [-0.3, -0.25) is 0 Å². The SMILES string of the molecule is c1ccc(-c2ccc3c(c2)c2ccccc2n3-c2cc3c4ccccc4c4ccccc4c3cc2-c2ccc3oc4c(-c5ccccc5)nc(-c5ccccc5)nc4c3c2)cc1. The molecule has 4 heteroatoms. The Morgan fingerprint density at radius 3 is 1.56 bits per heavy atom. The molecule has 0 aliphatic rings. The molecule has 0 saturated heterocycles. The number of hydrogen-bond acceptors (Lipinski definition) is 3. The fraction of sp³-hybridized carbons (Fsp3) is 0. The van der Waals surface area contributed by atoms with Crippen molar-refractivity contribution in [2.24, 2.45) is 0 Å². The Bertz CT molecular complexity index is 3900. The minimum absolute atomic E-state index is 0.662. The molecular formula is C58H35N3O. The second-order valence-corrected chi connectivity index (χ2v) is 16.1. The van der Waals surface area contributed by atoms with Crippen molar-refractivity contribution in [2.75, 3.05) is 0 Å². The first kappa shape index (κ1) is 34.5. The molecule has 0 aliphatic carbocycles. The van der Waals surface area contributed by atoms with Gasteiger partial charge in [0.1, 0.15) is 16.8 Å². The highest BCUT2D eigenvalue weighted by Gasteiger charge is 2.22. The minimum atomic E-state index is 0.662. The summed E-state index contributed by atoms with van der Waals surface area (Å²) in [4.78, 5) is 10.4. The molecule has 0 bridgehead atoms. The van der Waals surface area contributed by atoms with Crippen LogP contribution in [0.4, 0.5) is 0 Å². The van der Waals surface area contributed by atoms with E-state index in [0.717, 1.165) is 61.2 Å². The smallest absolute Gasteiger partial charge is 0.180 e. The molecule has 0 spiro atoms. The van der Waals surface area contributed by atoms with Gasteiger partial charge in [0, 0.05) is 32.8 Å². The van der Waals surface area contributed by atoms with E-state index in [4.69, 9.17) is 14.4 Å². The number of hydrogen-bond donors (Lipinski definition) is 0. The van der Waals surface area contributed by atoms with Crippen LogP contribution in [0.25, 0.3) is 127 Å². The summed E-state index contributed by atoms with van der Waals surface area (Å²) >= 11 is 0. The van der Waals surface area contributed by atoms with Crippen LogP contribution in [0.15, 0.2) is 217 Å². The molecular weight excluding hydrogens is 755 g/mol. The molecule has 62 heavy (non-hydrogen) atoms. The van der Waals surface area contributed by atoms with Gasteiger partial charge in [-0.1, -0.05) is 170 Å². The monoisotopic (exact) mass is 789 g/mol. The Morgan fingerprint density at radius 2 is 0.871 bits per heavy atom. The van der Waals surface area contributed by atoms with Crippen LogP contribution in [-0.2, 0) is 0 Å². The molecule has 3 heterocycles. The van der Waals surface area contributed by atoms with Gasteiger partial charge in [-0.25, -0.2) is 9.97 Å². The molecule has 4 nitrogen and oxygen atoms in total. The zero-order chi connectivity index (χ0) is 40.7. The molecule has 0 fully saturated rings. The van der Waals surface area contributed by atoms with E-state index in [0.29, 0.717) is 11.4 Å². The van der Waals surface area contributed by atoms with Gasteiger partial charge < -0.3 is 8.98 Å². The second kappa shape index (κ2) is 13.6. The molecule has 13 aromatic rings. The van der Waals surface area contributed by atoms with Crippen molar-refractivity contribution >= 4 is 76.2 Å². The molecule has 0 unspecified atom stereocenters. The standard InChI is InChI=1S/C58H35N3O/c1-4-16-36(17-5-1)39-28-30-52-49(32-39)45-26-14-15-27-51(45)61(52)53-35-48-44-25-13-11-23-42(44)41-22-10-12-24-43(41)47(48)34-46(53)40-29-31-54-50(33-40)56-57(62-54)55(37-18-6-2-7-19-37)59-58(60-56)38-20-8-3-9-21-38/h1-35H. The third kappa shape index (κ3) is 5.27. The van der Waals surface area contributed by atoms with Gasteiger partial charge in [-0.05, 0) is 91.5 Å². The Labute approximate surface area is 356 Å². The largest absolute Gasteiger partial charge is 0.452 e. The molecule has 0 radical (unpaired) electrons. The topological polar surface area (TPSA) is 43.9 Å². The van der Waals surface area contributed by atoms with Crippen LogP contribution < -0.4 is 0 Å². The van der Waals surface area contributed by atoms with Crippen LogP contribution in [-0.4, -0.2) is 14.5 Å². The first-order chi connectivity index (χ1) is 30.7. The van der Waals surface area contributed by atoms with Gasteiger partial charge in [0.2, 0.25) is 0 Å². The molecule has 0 atom stereocenters. The average Bonchev–Trinajstić information content (AvgIpc) is 3.89. The summed E-state index contributed by atoms with van der Waals surface area (Å²) in [6.07, 6.45) is 0. The Balaban J connectivity index is 1.14. The molecule has 0 aliphatic heterocycles. The number of benzene rings is 10. The van der Waals surface area contributed by atoms with Crippen molar-refractivity contribution in [3.63, 3.8) is 0 Å². The van der Waals surface area contributed by atoms with Crippen molar-refractivity contribution in [3.8, 4) is 50.6 Å². The zero-order valence-corrected chi connectivity index (χ0v) is 33.5. The maximum absolute atomic E-state index is 6.73. The summed E-state index contributed by atoms with van der Waals surface area (Å²) in [6.45, 7) is 0. The van der Waals surface area contributed by atoms with Crippen LogP contribution in [0.3, 0.4) is 0 Å². The molecule has 10 aromatic carbocycles. The van der Waals surface area contributed by atoms with Crippen LogP contribution >= 0.6 is 0 Å². The van der Waals surface area contributed by atoms with Gasteiger partial charge >= 0.3 is 0 Å². The molecule has 3 aromatic heterocycles. The number of furan rings is 1. The number of nitrogens with zero attached hydrogens (tertiary/aromatic N) is 3. The quantitative estimate of drug-likeness (QED) is 0.163. The fourth-order valence-corrected chi connectivity index (χ4v) is 9.72. The number of fused-ring (bicyclic) bond motifs is 12. The third-order valence-corrected chi connectivity index (χ3v) is 12.6. The molecule has 288 valence electrons. The highest BCUT2D eigenvalue weighted by Crippen LogP contribution is 2.45. The predicted octanol–water partition coefficient (Wildman–Crippen LogP) is 15.6. The van der Waals surface area contributed by atoms with Gasteiger partial charge in [-0.2, -0.15) is 0 Å². The Hall–Kier alpha value is -8.34. The predicted molar refractivity (Wildman–Crippen MR) is 258 cm³/mol. The average molecular weight is 790 g/mol. The molecule has 13 rings (SSSR count). The number of aromatic nitrogens is 3. The molecule has 0 N–H and O–H groups in total. The van der Waals surface area contributed by atoms with E-state index in [1.54, 1.807) is 0 Å². The van der Waals surface area contributed by atoms with Gasteiger partial charge in [-0.15, -0.1) is 0 Å². The van der Waals surface area contributed by atoms with E-state index in [1.807, 2.05) is 36.4 Å². The minimum Gasteiger partial charge on any atom is -0.452 e. The van der Waals surface area contributed by atoms with Crippen molar-refractivity contribution in [1.29, 1.82) is 0 Å². The lowest BCUT2D eigenvalue weighted by atomic mass is 9.90. The van der Waals surface area contributed by atoms with Crippen LogP contribution in [0.5, 0.6) is 0 Å². The van der Waals surface area contributed by atoms with E-state index < -0.39 is 0 Å². The molecule has 0 saturated carbocycles. The van der Waals surface area contributed by atoms with Crippen molar-refractivity contribution in [1.82, 2.24) is 14.5 Å². The number of para-hydroxylation sites is 1. The maximum atomic E-state index is 6.73. The van der Waals surface area contributed by atoms with Crippen LogP contribution in [0, 0.1) is 0 Å². The summed E-state index contributed by atoms with van der Waals surface area (Å²) < 4.78 is 9.20. The van der Waals surface area contributed by atoms with Gasteiger partial charge in [0.25, 0.3) is 0 Å². The summed E-state index contributed by atoms with van der Waals surface area (Å²) in [6, 6.07) is 75.9. The third-order valence-electron chi connectivity index (χ3n) is 12.6. The van der Waals surface area contributed by atoms with E-state index in [-0.39, 0.29) is 0 Å². The van der Waals surface area contributed by atoms with Crippen molar-refractivity contribution < 1.29 is 4.42 Å². The second-order valence-electron chi connectivity index (χ2n) is 16.1. The van der Waals surface area contributed by atoms with E-state index in [1.165, 1.54) is 54.2 Å². The number of rotatable bonds is 5. The zero-order valence-electron chi connectivity index (χ0n) is 33.5. The lowest BCUT2D eigenvalue weighted by Gasteiger charge is -2.18. The summed E-state index contributed by atoms with van der Waals surface area (Å²) in [5, 5.41) is 10.7. The first-order valence-corrected chi connectivity index (χ1v) is 21.1. The van der Waals surface area contributed by atoms with Gasteiger partial charge in [0.15, 0.2) is 11.4 Å². The summed E-state index contributed by atoms with van der Waals surface area (Å²) in [5.41, 5.74) is 12.9.